The molecule has 0 spiro atoms. The van der Waals surface area contributed by atoms with E-state index in [9.17, 15) is 9.90 Å². The van der Waals surface area contributed by atoms with Gasteiger partial charge in [0.15, 0.2) is 5.54 Å². The van der Waals surface area contributed by atoms with Gasteiger partial charge in [0.1, 0.15) is 5.84 Å². The number of carboxylic acid groups (broad SMARTS) is 1. The Morgan fingerprint density at radius 1 is 1.50 bits per heavy atom. The van der Waals surface area contributed by atoms with Crippen molar-refractivity contribution >= 4 is 11.8 Å². The van der Waals surface area contributed by atoms with Crippen LogP contribution in [0.25, 0.3) is 0 Å². The number of nitrogens with zero attached hydrogens (tertiary/aromatic N) is 1. The smallest absolute Gasteiger partial charge is 0.331 e. The summed E-state index contributed by atoms with van der Waals surface area (Å²) in [5.41, 5.74) is 3.80. The number of oxime groups is 1. The van der Waals surface area contributed by atoms with Crippen LogP contribution in [0.4, 0.5) is 0 Å². The van der Waals surface area contributed by atoms with Crippen molar-refractivity contribution < 1.29 is 20.2 Å². The Morgan fingerprint density at radius 2 is 2.12 bits per heavy atom. The van der Waals surface area contributed by atoms with Crippen molar-refractivity contribution in [2.45, 2.75) is 31.7 Å². The highest BCUT2D eigenvalue weighted by atomic mass is 16.4. The zero-order valence-corrected chi connectivity index (χ0v) is 9.31. The Kier molecular flexibility index (Phi) is 6.43. The van der Waals surface area contributed by atoms with Crippen molar-refractivity contribution in [3.63, 3.8) is 0 Å². The molecular formula is C9H19N3O4. The van der Waals surface area contributed by atoms with Crippen LogP contribution in [0.3, 0.4) is 0 Å². The van der Waals surface area contributed by atoms with Crippen LogP contribution >= 0.6 is 0 Å². The van der Waals surface area contributed by atoms with Crippen LogP contribution in [0.2, 0.25) is 0 Å². The lowest BCUT2D eigenvalue weighted by atomic mass is 9.93. The lowest BCUT2D eigenvalue weighted by Gasteiger charge is -2.28. The molecule has 94 valence electrons. The van der Waals surface area contributed by atoms with Gasteiger partial charge < -0.3 is 26.5 Å². The first-order valence-corrected chi connectivity index (χ1v) is 5.03. The van der Waals surface area contributed by atoms with Gasteiger partial charge in [-0.25, -0.2) is 4.79 Å². The van der Waals surface area contributed by atoms with Gasteiger partial charge in [0.2, 0.25) is 0 Å². The predicted molar refractivity (Wildman–Crippen MR) is 58.4 cm³/mol. The number of aliphatic hydroxyl groups excluding tert-OH is 1. The molecule has 0 bridgehead atoms. The Morgan fingerprint density at radius 3 is 2.50 bits per heavy atom. The van der Waals surface area contributed by atoms with E-state index in [1.165, 1.54) is 6.92 Å². The first kappa shape index (κ1) is 14.7. The van der Waals surface area contributed by atoms with E-state index in [1.54, 1.807) is 0 Å². The molecule has 0 radical (unpaired) electrons. The number of unbranched alkanes of at least 4 members (excludes halogenated alkanes) is 1. The fourth-order valence-corrected chi connectivity index (χ4v) is 1.35. The number of amidine groups is 1. The van der Waals surface area contributed by atoms with Crippen molar-refractivity contribution in [2.75, 3.05) is 13.2 Å². The average Bonchev–Trinajstić information content (AvgIpc) is 2.27. The van der Waals surface area contributed by atoms with Crippen LogP contribution in [0.5, 0.6) is 0 Å². The number of nitrogens with two attached hydrogens (primary N) is 1. The molecule has 0 amide bonds. The molecule has 0 aromatic heterocycles. The van der Waals surface area contributed by atoms with Crippen LogP contribution in [0, 0.1) is 0 Å². The first-order valence-electron chi connectivity index (χ1n) is 5.03. The molecule has 0 aromatic rings. The number of carbonyl (C=O) groups is 1. The molecule has 7 heteroatoms. The maximum absolute atomic E-state index is 11.1. The second-order valence-electron chi connectivity index (χ2n) is 3.60. The monoisotopic (exact) mass is 233 g/mol. The molecule has 0 heterocycles. The van der Waals surface area contributed by atoms with Gasteiger partial charge in [-0.15, -0.1) is 0 Å². The van der Waals surface area contributed by atoms with Crippen molar-refractivity contribution in [3.8, 4) is 0 Å². The SMILES string of the molecule is C/C(=N\O)NC(CO)(CCCCN)C(=O)O. The largest absolute Gasteiger partial charge is 0.479 e. The van der Waals surface area contributed by atoms with E-state index in [1.807, 2.05) is 0 Å². The van der Waals surface area contributed by atoms with E-state index in [0.29, 0.717) is 19.4 Å². The molecule has 1 unspecified atom stereocenters. The molecule has 0 aromatic carbocycles. The molecule has 0 rings (SSSR count). The third kappa shape index (κ3) is 4.03. The molecule has 16 heavy (non-hydrogen) atoms. The highest BCUT2D eigenvalue weighted by Gasteiger charge is 2.37. The van der Waals surface area contributed by atoms with Gasteiger partial charge in [-0.2, -0.15) is 0 Å². The van der Waals surface area contributed by atoms with Crippen LogP contribution < -0.4 is 11.1 Å². The fraction of sp³-hybridized carbons (Fsp3) is 0.778. The van der Waals surface area contributed by atoms with Crippen LogP contribution in [0.1, 0.15) is 26.2 Å². The third-order valence-electron chi connectivity index (χ3n) is 2.31. The minimum Gasteiger partial charge on any atom is -0.479 e. The Bertz CT molecular complexity index is 257. The van der Waals surface area contributed by atoms with Crippen molar-refractivity contribution in [3.05, 3.63) is 0 Å². The van der Waals surface area contributed by atoms with Crippen LogP contribution in [0.15, 0.2) is 5.16 Å². The van der Waals surface area contributed by atoms with Crippen LogP contribution in [-0.4, -0.2) is 45.9 Å². The van der Waals surface area contributed by atoms with Crippen LogP contribution in [-0.2, 0) is 4.79 Å². The Labute approximate surface area is 93.9 Å². The quantitative estimate of drug-likeness (QED) is 0.130. The minimum absolute atomic E-state index is 0.0456. The first-order chi connectivity index (χ1) is 7.52. The minimum atomic E-state index is -1.51. The second-order valence-corrected chi connectivity index (χ2v) is 3.60. The zero-order chi connectivity index (χ0) is 12.6. The van der Waals surface area contributed by atoms with E-state index in [-0.39, 0.29) is 12.3 Å². The normalized spacial score (nSPS) is 15.6. The van der Waals surface area contributed by atoms with Crippen molar-refractivity contribution in [2.24, 2.45) is 10.9 Å². The van der Waals surface area contributed by atoms with Gasteiger partial charge in [0.25, 0.3) is 0 Å². The molecule has 0 aliphatic carbocycles. The zero-order valence-electron chi connectivity index (χ0n) is 9.31. The van der Waals surface area contributed by atoms with E-state index >= 15 is 0 Å². The van der Waals surface area contributed by atoms with E-state index in [2.05, 4.69) is 10.5 Å². The molecule has 0 saturated heterocycles. The number of hydrogen-bond donors (Lipinski definition) is 5. The maximum atomic E-state index is 11.1. The molecule has 0 aliphatic heterocycles. The number of aliphatic hydroxyl groups is 1. The molecule has 1 atom stereocenters. The molecule has 7 nitrogen and oxygen atoms in total. The molecule has 0 saturated carbocycles. The lowest BCUT2D eigenvalue weighted by Crippen LogP contribution is -2.56. The average molecular weight is 233 g/mol. The summed E-state index contributed by atoms with van der Waals surface area (Å²) in [6, 6.07) is 0. The van der Waals surface area contributed by atoms with Gasteiger partial charge in [0, 0.05) is 0 Å². The van der Waals surface area contributed by atoms with Gasteiger partial charge in [0.05, 0.1) is 6.61 Å². The maximum Gasteiger partial charge on any atom is 0.331 e. The second kappa shape index (κ2) is 7.02. The molecule has 0 fully saturated rings. The summed E-state index contributed by atoms with van der Waals surface area (Å²) >= 11 is 0. The van der Waals surface area contributed by atoms with Gasteiger partial charge in [-0.1, -0.05) is 5.16 Å². The fourth-order valence-electron chi connectivity index (χ4n) is 1.35. The van der Waals surface area contributed by atoms with Gasteiger partial charge in [-0.3, -0.25) is 0 Å². The number of carboxylic acids is 1. The molecule has 0 aliphatic rings. The van der Waals surface area contributed by atoms with E-state index in [4.69, 9.17) is 16.0 Å². The van der Waals surface area contributed by atoms with Gasteiger partial charge >= 0.3 is 5.97 Å². The molecular weight excluding hydrogens is 214 g/mol. The van der Waals surface area contributed by atoms with Gasteiger partial charge in [-0.05, 0) is 32.7 Å². The van der Waals surface area contributed by atoms with Crippen molar-refractivity contribution in [1.29, 1.82) is 0 Å². The summed E-state index contributed by atoms with van der Waals surface area (Å²) in [6.07, 6.45) is 1.45. The van der Waals surface area contributed by atoms with E-state index < -0.39 is 18.1 Å². The number of nitrogens with one attached hydrogen (secondary N) is 1. The summed E-state index contributed by atoms with van der Waals surface area (Å²) in [5, 5.41) is 32.1. The number of rotatable bonds is 7. The molecule has 6 N–H and O–H groups in total. The summed E-state index contributed by atoms with van der Waals surface area (Å²) in [6.45, 7) is 1.30. The standard InChI is InChI=1S/C9H19N3O4/c1-7(12-16)11-9(6-13,8(14)15)4-2-3-5-10/h13,16H,2-6,10H2,1H3,(H,11,12)(H,14,15). The summed E-state index contributed by atoms with van der Waals surface area (Å²) in [5.74, 6) is -1.14. The number of aliphatic carboxylic acids is 1. The Hall–Kier alpha value is -1.34. The summed E-state index contributed by atoms with van der Waals surface area (Å²) in [7, 11) is 0. The topological polar surface area (TPSA) is 128 Å². The highest BCUT2D eigenvalue weighted by Crippen LogP contribution is 2.14. The summed E-state index contributed by atoms with van der Waals surface area (Å²) in [4.78, 5) is 11.1. The number of hydrogen-bond acceptors (Lipinski definition) is 5. The summed E-state index contributed by atoms with van der Waals surface area (Å²) < 4.78 is 0. The third-order valence-corrected chi connectivity index (χ3v) is 2.31. The lowest BCUT2D eigenvalue weighted by molar-refractivity contribution is -0.146. The predicted octanol–water partition coefficient (Wildman–Crippen LogP) is -0.672. The Balaban J connectivity index is 4.65. The highest BCUT2D eigenvalue weighted by molar-refractivity contribution is 5.88. The van der Waals surface area contributed by atoms with Crippen molar-refractivity contribution in [1.82, 2.24) is 5.32 Å². The van der Waals surface area contributed by atoms with E-state index in [0.717, 1.165) is 0 Å².